The van der Waals surface area contributed by atoms with E-state index in [1.165, 1.54) is 31.6 Å². The summed E-state index contributed by atoms with van der Waals surface area (Å²) in [5, 5.41) is 11.4. The van der Waals surface area contributed by atoms with Crippen LogP contribution in [0.5, 0.6) is 5.75 Å². The molecule has 0 radical (unpaired) electrons. The lowest BCUT2D eigenvalue weighted by Crippen LogP contribution is -2.44. The van der Waals surface area contributed by atoms with Crippen molar-refractivity contribution in [2.75, 3.05) is 12.0 Å². The standard InChI is InChI=1S/C26H19N3O7/c1-35-18-9-8-15(29(33)34)13-17(18)28-25(31)20-21(26(28)32)23(24(30)19-7-4-12-36-19)27-11-10-14-5-2-3-6-16(14)22(20)27/h2-13,20-23H,1H3/t20-,21+,22+,23+/m0/s1. The Balaban J connectivity index is 1.52. The van der Waals surface area contributed by atoms with Gasteiger partial charge in [-0.25, -0.2) is 4.90 Å². The van der Waals surface area contributed by atoms with Crippen molar-refractivity contribution in [3.63, 3.8) is 0 Å². The Hall–Kier alpha value is -4.73. The van der Waals surface area contributed by atoms with Crippen LogP contribution in [0.4, 0.5) is 11.4 Å². The normalized spacial score (nSPS) is 23.9. The molecule has 2 fully saturated rings. The molecule has 36 heavy (non-hydrogen) atoms. The van der Waals surface area contributed by atoms with Gasteiger partial charge in [0.2, 0.25) is 17.6 Å². The van der Waals surface area contributed by atoms with E-state index in [-0.39, 0.29) is 22.9 Å². The Labute approximate surface area is 204 Å². The lowest BCUT2D eigenvalue weighted by Gasteiger charge is -2.35. The quantitative estimate of drug-likeness (QED) is 0.232. The highest BCUT2D eigenvalue weighted by molar-refractivity contribution is 6.25. The van der Waals surface area contributed by atoms with Crippen LogP contribution in [-0.2, 0) is 9.59 Å². The minimum Gasteiger partial charge on any atom is -0.495 e. The van der Waals surface area contributed by atoms with Crippen molar-refractivity contribution in [2.24, 2.45) is 11.8 Å². The van der Waals surface area contributed by atoms with Gasteiger partial charge in [-0.05, 0) is 35.4 Å². The number of nitrogens with zero attached hydrogens (tertiary/aromatic N) is 3. The number of ether oxygens (including phenoxy) is 1. The number of furan rings is 1. The molecule has 0 saturated carbocycles. The summed E-state index contributed by atoms with van der Waals surface area (Å²) in [6, 6.07) is 12.8. The number of Topliss-reactive ketones (excluding diaryl/α,β-unsaturated/α-hetero) is 1. The molecule has 6 rings (SSSR count). The second-order valence-corrected chi connectivity index (χ2v) is 8.80. The number of nitro groups is 1. The first-order valence-electron chi connectivity index (χ1n) is 11.2. The van der Waals surface area contributed by atoms with Gasteiger partial charge in [0, 0.05) is 18.3 Å². The van der Waals surface area contributed by atoms with E-state index in [1.807, 2.05) is 30.3 Å². The van der Waals surface area contributed by atoms with Crippen LogP contribution in [-0.4, -0.2) is 40.6 Å². The molecule has 180 valence electrons. The Morgan fingerprint density at radius 2 is 1.83 bits per heavy atom. The molecule has 4 heterocycles. The van der Waals surface area contributed by atoms with Gasteiger partial charge in [-0.3, -0.25) is 24.5 Å². The zero-order valence-electron chi connectivity index (χ0n) is 18.9. The summed E-state index contributed by atoms with van der Waals surface area (Å²) in [4.78, 5) is 55.0. The number of amides is 2. The highest BCUT2D eigenvalue weighted by Crippen LogP contribution is 2.54. The van der Waals surface area contributed by atoms with Crippen LogP contribution in [0, 0.1) is 22.0 Å². The van der Waals surface area contributed by atoms with Crippen LogP contribution < -0.4 is 9.64 Å². The second-order valence-electron chi connectivity index (χ2n) is 8.80. The minimum atomic E-state index is -1.03. The van der Waals surface area contributed by atoms with Crippen LogP contribution in [0.25, 0.3) is 6.08 Å². The highest BCUT2D eigenvalue weighted by atomic mass is 16.6. The van der Waals surface area contributed by atoms with Crippen LogP contribution in [0.15, 0.2) is 71.5 Å². The number of carbonyl (C=O) groups excluding carboxylic acids is 3. The highest BCUT2D eigenvalue weighted by Gasteiger charge is 2.65. The van der Waals surface area contributed by atoms with Gasteiger partial charge in [0.15, 0.2) is 5.76 Å². The average molecular weight is 485 g/mol. The Bertz CT molecular complexity index is 1460. The van der Waals surface area contributed by atoms with E-state index in [1.54, 1.807) is 17.2 Å². The first-order valence-corrected chi connectivity index (χ1v) is 11.2. The fraction of sp³-hybridized carbons (Fsp3) is 0.192. The van der Waals surface area contributed by atoms with Gasteiger partial charge in [-0.15, -0.1) is 0 Å². The minimum absolute atomic E-state index is 0.0218. The maximum Gasteiger partial charge on any atom is 0.271 e. The molecule has 2 aromatic carbocycles. The number of anilines is 1. The summed E-state index contributed by atoms with van der Waals surface area (Å²) in [5.41, 5.74) is 1.39. The molecule has 3 aromatic rings. The number of fused-ring (bicyclic) bond motifs is 5. The predicted octanol–water partition coefficient (Wildman–Crippen LogP) is 3.59. The summed E-state index contributed by atoms with van der Waals surface area (Å²) >= 11 is 0. The van der Waals surface area contributed by atoms with Crippen molar-refractivity contribution in [3.05, 3.63) is 94.1 Å². The Morgan fingerprint density at radius 1 is 1.06 bits per heavy atom. The number of non-ortho nitro benzene ring substituents is 1. The van der Waals surface area contributed by atoms with Crippen molar-refractivity contribution in [1.29, 1.82) is 0 Å². The topological polar surface area (TPSA) is 123 Å². The number of nitro benzene ring substituents is 1. The number of carbonyl (C=O) groups is 3. The molecule has 0 N–H and O–H groups in total. The molecule has 0 spiro atoms. The first kappa shape index (κ1) is 21.8. The summed E-state index contributed by atoms with van der Waals surface area (Å²) < 4.78 is 10.7. The molecule has 10 nitrogen and oxygen atoms in total. The molecule has 4 atom stereocenters. The number of methoxy groups -OCH3 is 1. The maximum absolute atomic E-state index is 14.0. The average Bonchev–Trinajstić information content (AvgIpc) is 3.60. The fourth-order valence-corrected chi connectivity index (χ4v) is 5.63. The first-order chi connectivity index (χ1) is 17.4. The van der Waals surface area contributed by atoms with Crippen LogP contribution >= 0.6 is 0 Å². The monoisotopic (exact) mass is 485 g/mol. The molecule has 3 aliphatic rings. The molecule has 0 aliphatic carbocycles. The molecule has 2 amide bonds. The van der Waals surface area contributed by atoms with E-state index in [9.17, 15) is 24.5 Å². The second kappa shape index (κ2) is 7.91. The van der Waals surface area contributed by atoms with E-state index in [4.69, 9.17) is 9.15 Å². The van der Waals surface area contributed by atoms with Crippen LogP contribution in [0.3, 0.4) is 0 Å². The molecule has 0 unspecified atom stereocenters. The number of ketones is 1. The molecule has 10 heteroatoms. The number of rotatable bonds is 5. The number of hydrogen-bond acceptors (Lipinski definition) is 8. The molecule has 2 saturated heterocycles. The summed E-state index contributed by atoms with van der Waals surface area (Å²) in [6.45, 7) is 0. The Morgan fingerprint density at radius 3 is 2.56 bits per heavy atom. The molecule has 3 aliphatic heterocycles. The van der Waals surface area contributed by atoms with Crippen molar-refractivity contribution in [2.45, 2.75) is 12.1 Å². The zero-order valence-corrected chi connectivity index (χ0v) is 18.9. The van der Waals surface area contributed by atoms with Gasteiger partial charge in [0.05, 0.1) is 36.2 Å². The van der Waals surface area contributed by atoms with Crippen LogP contribution in [0.1, 0.15) is 27.7 Å². The van der Waals surface area contributed by atoms with Gasteiger partial charge < -0.3 is 14.1 Å². The number of imide groups is 1. The van der Waals surface area contributed by atoms with Gasteiger partial charge >= 0.3 is 0 Å². The fourth-order valence-electron chi connectivity index (χ4n) is 5.63. The van der Waals surface area contributed by atoms with Crippen molar-refractivity contribution in [3.8, 4) is 5.75 Å². The molecular weight excluding hydrogens is 466 g/mol. The predicted molar refractivity (Wildman–Crippen MR) is 126 cm³/mol. The summed E-state index contributed by atoms with van der Waals surface area (Å²) in [7, 11) is 1.35. The smallest absolute Gasteiger partial charge is 0.271 e. The maximum atomic E-state index is 14.0. The van der Waals surface area contributed by atoms with Crippen molar-refractivity contribution < 1.29 is 28.5 Å². The van der Waals surface area contributed by atoms with Crippen molar-refractivity contribution in [1.82, 2.24) is 4.90 Å². The third kappa shape index (κ3) is 2.94. The van der Waals surface area contributed by atoms with Gasteiger partial charge in [0.25, 0.3) is 5.69 Å². The van der Waals surface area contributed by atoms with Crippen molar-refractivity contribution >= 4 is 35.0 Å². The molecule has 0 bridgehead atoms. The summed E-state index contributed by atoms with van der Waals surface area (Å²) in [5.74, 6) is -3.28. The van der Waals surface area contributed by atoms with Crippen LogP contribution in [0.2, 0.25) is 0 Å². The van der Waals surface area contributed by atoms with Gasteiger partial charge in [-0.2, -0.15) is 0 Å². The zero-order chi connectivity index (χ0) is 25.1. The van der Waals surface area contributed by atoms with E-state index >= 15 is 0 Å². The lowest BCUT2D eigenvalue weighted by molar-refractivity contribution is -0.384. The number of hydrogen-bond donors (Lipinski definition) is 0. The van der Waals surface area contributed by atoms with Gasteiger partial charge in [-0.1, -0.05) is 24.3 Å². The van der Waals surface area contributed by atoms with E-state index < -0.39 is 46.4 Å². The lowest BCUT2D eigenvalue weighted by atomic mass is 9.84. The third-order valence-corrected chi connectivity index (χ3v) is 7.11. The van der Waals surface area contributed by atoms with E-state index in [0.29, 0.717) is 0 Å². The third-order valence-electron chi connectivity index (χ3n) is 7.11. The van der Waals surface area contributed by atoms with E-state index in [0.717, 1.165) is 22.1 Å². The largest absolute Gasteiger partial charge is 0.495 e. The SMILES string of the molecule is COc1ccc([N+](=O)[O-])cc1N1C(=O)[C@@H]2[C@H](C1=O)[C@H]1c3ccccc3C=CN1[C@H]2C(=O)c1ccco1. The Kier molecular flexibility index (Phi) is 4.78. The van der Waals surface area contributed by atoms with E-state index in [2.05, 4.69) is 0 Å². The molecule has 1 aromatic heterocycles. The summed E-state index contributed by atoms with van der Waals surface area (Å²) in [6.07, 6.45) is 4.97. The van der Waals surface area contributed by atoms with Gasteiger partial charge in [0.1, 0.15) is 17.5 Å². The number of benzene rings is 2. The molecular formula is C26H19N3O7.